The second-order valence-corrected chi connectivity index (χ2v) is 4.72. The van der Waals surface area contributed by atoms with Crippen molar-refractivity contribution >= 4 is 27.5 Å². The smallest absolute Gasteiger partial charge is 0.258 e. The van der Waals surface area contributed by atoms with Crippen LogP contribution in [0.15, 0.2) is 46.9 Å². The lowest BCUT2D eigenvalue weighted by atomic mass is 10.1. The van der Waals surface area contributed by atoms with Gasteiger partial charge in [0.15, 0.2) is 0 Å². The summed E-state index contributed by atoms with van der Waals surface area (Å²) in [5, 5.41) is 2.60. The number of amides is 1. The van der Waals surface area contributed by atoms with Crippen LogP contribution in [-0.2, 0) is 0 Å². The summed E-state index contributed by atoms with van der Waals surface area (Å²) < 4.78 is 14.2. The molecule has 1 N–H and O–H groups in total. The third-order valence-electron chi connectivity index (χ3n) is 2.46. The Morgan fingerprint density at radius 1 is 1.26 bits per heavy atom. The Balaban J connectivity index is 2.23. The van der Waals surface area contributed by atoms with Crippen LogP contribution in [0.5, 0.6) is 0 Å². The number of nitrogens with one attached hydrogen (secondary N) is 1. The largest absolute Gasteiger partial charge is 0.322 e. The summed E-state index contributed by atoms with van der Waals surface area (Å²) in [7, 11) is 0. The van der Waals surface area contributed by atoms with E-state index in [1.807, 2.05) is 0 Å². The van der Waals surface area contributed by atoms with E-state index in [-0.39, 0.29) is 5.56 Å². The number of carbonyl (C=O) groups is 1. The first-order valence-corrected chi connectivity index (χ1v) is 6.22. The van der Waals surface area contributed by atoms with Gasteiger partial charge in [-0.3, -0.25) is 4.79 Å². The number of carbonyl (C=O) groups excluding carboxylic acids is 1. The summed E-state index contributed by atoms with van der Waals surface area (Å²) in [6, 6.07) is 11.1. The zero-order valence-corrected chi connectivity index (χ0v) is 11.4. The van der Waals surface area contributed by atoms with Crippen molar-refractivity contribution < 1.29 is 9.18 Å². The summed E-state index contributed by atoms with van der Waals surface area (Å²) in [6.07, 6.45) is 5.27. The molecular formula is C15H9BrFNO. The van der Waals surface area contributed by atoms with E-state index < -0.39 is 11.7 Å². The molecule has 0 unspecified atom stereocenters. The molecule has 0 atom stereocenters. The highest BCUT2D eigenvalue weighted by atomic mass is 79.9. The Morgan fingerprint density at radius 3 is 2.74 bits per heavy atom. The molecule has 0 heterocycles. The van der Waals surface area contributed by atoms with Crippen molar-refractivity contribution in [2.45, 2.75) is 0 Å². The molecule has 2 aromatic rings. The summed E-state index contributed by atoms with van der Waals surface area (Å²) in [5.41, 5.74) is 1.16. The third kappa shape index (κ3) is 3.21. The molecule has 2 nitrogen and oxygen atoms in total. The van der Waals surface area contributed by atoms with E-state index in [2.05, 4.69) is 27.2 Å². The number of rotatable bonds is 2. The van der Waals surface area contributed by atoms with E-state index in [1.54, 1.807) is 30.3 Å². The minimum Gasteiger partial charge on any atom is -0.322 e. The average Bonchev–Trinajstić information content (AvgIpc) is 2.38. The molecule has 0 spiro atoms. The maximum atomic E-state index is 13.6. The van der Waals surface area contributed by atoms with Crippen molar-refractivity contribution in [2.24, 2.45) is 0 Å². The molecule has 0 radical (unpaired) electrons. The second kappa shape index (κ2) is 5.68. The predicted octanol–water partition coefficient (Wildman–Crippen LogP) is 3.82. The molecule has 94 valence electrons. The molecule has 2 aromatic carbocycles. The average molecular weight is 318 g/mol. The third-order valence-corrected chi connectivity index (χ3v) is 2.96. The first-order valence-electron chi connectivity index (χ1n) is 5.43. The van der Waals surface area contributed by atoms with Gasteiger partial charge in [0.2, 0.25) is 0 Å². The van der Waals surface area contributed by atoms with Crippen LogP contribution < -0.4 is 5.32 Å². The first-order chi connectivity index (χ1) is 9.10. The lowest BCUT2D eigenvalue weighted by molar-refractivity contribution is 0.102. The number of hydrogen-bond donors (Lipinski definition) is 1. The molecule has 0 saturated carbocycles. The first kappa shape index (κ1) is 13.3. The van der Waals surface area contributed by atoms with Crippen LogP contribution in [0, 0.1) is 18.2 Å². The van der Waals surface area contributed by atoms with Crippen LogP contribution in [0.2, 0.25) is 0 Å². The van der Waals surface area contributed by atoms with Gasteiger partial charge in [-0.25, -0.2) is 4.39 Å². The highest BCUT2D eigenvalue weighted by Crippen LogP contribution is 2.17. The summed E-state index contributed by atoms with van der Waals surface area (Å²) >= 11 is 3.14. The second-order valence-electron chi connectivity index (χ2n) is 3.80. The molecule has 0 aliphatic carbocycles. The van der Waals surface area contributed by atoms with E-state index in [0.29, 0.717) is 15.7 Å². The van der Waals surface area contributed by atoms with Gasteiger partial charge in [0, 0.05) is 15.7 Å². The fourth-order valence-corrected chi connectivity index (χ4v) is 1.89. The Bertz CT molecular complexity index is 676. The monoisotopic (exact) mass is 317 g/mol. The van der Waals surface area contributed by atoms with Gasteiger partial charge in [0.25, 0.3) is 5.91 Å². The molecule has 0 saturated heterocycles. The number of anilines is 1. The number of hydrogen-bond acceptors (Lipinski definition) is 1. The van der Waals surface area contributed by atoms with Crippen molar-refractivity contribution in [3.05, 3.63) is 63.9 Å². The van der Waals surface area contributed by atoms with Gasteiger partial charge in [-0.1, -0.05) is 27.9 Å². The standard InChI is InChI=1S/C15H9BrFNO/c1-2-10-4-3-5-12(8-10)18-15(19)13-7-6-11(16)9-14(13)17/h1,3-9H,(H,18,19). The molecule has 19 heavy (non-hydrogen) atoms. The van der Waals surface area contributed by atoms with Crippen LogP contribution in [-0.4, -0.2) is 5.91 Å². The van der Waals surface area contributed by atoms with E-state index in [4.69, 9.17) is 6.42 Å². The Labute approximate surface area is 118 Å². The van der Waals surface area contributed by atoms with Gasteiger partial charge in [-0.05, 0) is 36.4 Å². The Kier molecular flexibility index (Phi) is 3.98. The van der Waals surface area contributed by atoms with Gasteiger partial charge in [-0.2, -0.15) is 0 Å². The van der Waals surface area contributed by atoms with Crippen LogP contribution in [0.3, 0.4) is 0 Å². The van der Waals surface area contributed by atoms with Crippen LogP contribution in [0.4, 0.5) is 10.1 Å². The minimum atomic E-state index is -0.583. The van der Waals surface area contributed by atoms with E-state index in [9.17, 15) is 9.18 Å². The normalized spacial score (nSPS) is 9.74. The van der Waals surface area contributed by atoms with Crippen molar-refractivity contribution in [3.8, 4) is 12.3 Å². The van der Waals surface area contributed by atoms with Crippen molar-refractivity contribution in [3.63, 3.8) is 0 Å². The number of halogens is 2. The topological polar surface area (TPSA) is 29.1 Å². The number of terminal acetylenes is 1. The maximum Gasteiger partial charge on any atom is 0.258 e. The molecule has 0 aliphatic rings. The summed E-state index contributed by atoms with van der Waals surface area (Å²) in [6.45, 7) is 0. The fraction of sp³-hybridized carbons (Fsp3) is 0. The van der Waals surface area contributed by atoms with E-state index in [1.165, 1.54) is 12.1 Å². The highest BCUT2D eigenvalue weighted by Gasteiger charge is 2.12. The molecule has 4 heteroatoms. The lowest BCUT2D eigenvalue weighted by Gasteiger charge is -2.06. The van der Waals surface area contributed by atoms with Gasteiger partial charge in [0.05, 0.1) is 5.56 Å². The SMILES string of the molecule is C#Cc1cccc(NC(=O)c2ccc(Br)cc2F)c1. The van der Waals surface area contributed by atoms with Gasteiger partial charge in [-0.15, -0.1) is 6.42 Å². The lowest BCUT2D eigenvalue weighted by Crippen LogP contribution is -2.13. The molecule has 1 amide bonds. The van der Waals surface area contributed by atoms with Crippen LogP contribution in [0.1, 0.15) is 15.9 Å². The predicted molar refractivity (Wildman–Crippen MR) is 76.4 cm³/mol. The zero-order chi connectivity index (χ0) is 13.8. The highest BCUT2D eigenvalue weighted by molar-refractivity contribution is 9.10. The number of benzene rings is 2. The van der Waals surface area contributed by atoms with Gasteiger partial charge >= 0.3 is 0 Å². The quantitative estimate of drug-likeness (QED) is 0.838. The zero-order valence-electron chi connectivity index (χ0n) is 9.78. The van der Waals surface area contributed by atoms with Gasteiger partial charge < -0.3 is 5.32 Å². The molecule has 2 rings (SSSR count). The van der Waals surface area contributed by atoms with Crippen molar-refractivity contribution in [1.82, 2.24) is 0 Å². The molecular weight excluding hydrogens is 309 g/mol. The minimum absolute atomic E-state index is 0.0192. The van der Waals surface area contributed by atoms with Crippen LogP contribution >= 0.6 is 15.9 Å². The van der Waals surface area contributed by atoms with Crippen molar-refractivity contribution in [1.29, 1.82) is 0 Å². The van der Waals surface area contributed by atoms with Crippen molar-refractivity contribution in [2.75, 3.05) is 5.32 Å². The molecule has 0 aromatic heterocycles. The van der Waals surface area contributed by atoms with E-state index >= 15 is 0 Å². The fourth-order valence-electron chi connectivity index (χ4n) is 1.56. The Morgan fingerprint density at radius 2 is 2.05 bits per heavy atom. The van der Waals surface area contributed by atoms with E-state index in [0.717, 1.165) is 0 Å². The molecule has 0 aliphatic heterocycles. The van der Waals surface area contributed by atoms with Gasteiger partial charge in [0.1, 0.15) is 5.82 Å². The Hall–Kier alpha value is -2.12. The summed E-state index contributed by atoms with van der Waals surface area (Å²) in [4.78, 5) is 11.9. The molecule has 0 bridgehead atoms. The maximum absolute atomic E-state index is 13.6. The summed E-state index contributed by atoms with van der Waals surface area (Å²) in [5.74, 6) is 1.37. The molecule has 0 fully saturated rings. The van der Waals surface area contributed by atoms with Crippen LogP contribution in [0.25, 0.3) is 0 Å².